The molecule has 0 saturated carbocycles. The predicted molar refractivity (Wildman–Crippen MR) is 80.5 cm³/mol. The third kappa shape index (κ3) is 3.40. The van der Waals surface area contributed by atoms with Gasteiger partial charge in [-0.25, -0.2) is 8.42 Å². The van der Waals surface area contributed by atoms with E-state index < -0.39 is 10.0 Å². The molecule has 1 atom stereocenters. The molecule has 1 saturated heterocycles. The standard InChI is InChI=1S/C15H20N2O2S/c1-13(17-11-2-3-12-20(17,18)19)15-8-6-14(7-9-15)5-4-10-16/h6-9,13H,2-3,10-12,16H2,1H3. The molecule has 108 valence electrons. The Morgan fingerprint density at radius 3 is 2.60 bits per heavy atom. The third-order valence-electron chi connectivity index (χ3n) is 3.55. The van der Waals surface area contributed by atoms with Gasteiger partial charge in [0.05, 0.1) is 12.3 Å². The Hall–Kier alpha value is -1.35. The van der Waals surface area contributed by atoms with Crippen molar-refractivity contribution in [1.82, 2.24) is 4.31 Å². The molecule has 2 N–H and O–H groups in total. The first-order valence-electron chi connectivity index (χ1n) is 6.83. The van der Waals surface area contributed by atoms with Crippen LogP contribution in [-0.2, 0) is 10.0 Å². The summed E-state index contributed by atoms with van der Waals surface area (Å²) in [5, 5.41) is 0. The first-order valence-corrected chi connectivity index (χ1v) is 8.44. The van der Waals surface area contributed by atoms with Gasteiger partial charge in [0, 0.05) is 18.2 Å². The van der Waals surface area contributed by atoms with E-state index in [2.05, 4.69) is 11.8 Å². The predicted octanol–water partition coefficient (Wildman–Crippen LogP) is 1.48. The number of nitrogens with zero attached hydrogens (tertiary/aromatic N) is 1. The molecule has 1 aromatic carbocycles. The summed E-state index contributed by atoms with van der Waals surface area (Å²) in [6.45, 7) is 2.88. The number of hydrogen-bond donors (Lipinski definition) is 1. The van der Waals surface area contributed by atoms with Crippen LogP contribution in [0, 0.1) is 11.8 Å². The Bertz CT molecular complexity index is 612. The first-order chi connectivity index (χ1) is 9.54. The highest BCUT2D eigenvalue weighted by molar-refractivity contribution is 7.89. The summed E-state index contributed by atoms with van der Waals surface area (Å²) in [5.41, 5.74) is 7.23. The van der Waals surface area contributed by atoms with Crippen LogP contribution in [0.5, 0.6) is 0 Å². The van der Waals surface area contributed by atoms with Crippen LogP contribution in [0.25, 0.3) is 0 Å². The van der Waals surface area contributed by atoms with E-state index in [4.69, 9.17) is 5.73 Å². The fourth-order valence-corrected chi connectivity index (χ4v) is 4.22. The molecule has 1 aliphatic rings. The van der Waals surface area contributed by atoms with Gasteiger partial charge in [-0.05, 0) is 37.5 Å². The number of benzene rings is 1. The highest BCUT2D eigenvalue weighted by Gasteiger charge is 2.30. The third-order valence-corrected chi connectivity index (χ3v) is 5.57. The number of hydrogen-bond acceptors (Lipinski definition) is 3. The van der Waals surface area contributed by atoms with Crippen molar-refractivity contribution in [1.29, 1.82) is 0 Å². The quantitative estimate of drug-likeness (QED) is 0.840. The van der Waals surface area contributed by atoms with Gasteiger partial charge in [-0.3, -0.25) is 0 Å². The topological polar surface area (TPSA) is 63.4 Å². The summed E-state index contributed by atoms with van der Waals surface area (Å²) in [7, 11) is -3.11. The van der Waals surface area contributed by atoms with Crippen molar-refractivity contribution >= 4 is 10.0 Å². The zero-order valence-corrected chi connectivity index (χ0v) is 12.5. The normalized spacial score (nSPS) is 19.9. The smallest absolute Gasteiger partial charge is 0.214 e. The number of sulfonamides is 1. The van der Waals surface area contributed by atoms with Crippen LogP contribution < -0.4 is 5.73 Å². The molecule has 0 aromatic heterocycles. The van der Waals surface area contributed by atoms with Crippen molar-refractivity contribution in [3.05, 3.63) is 35.4 Å². The lowest BCUT2D eigenvalue weighted by atomic mass is 10.1. The van der Waals surface area contributed by atoms with Crippen molar-refractivity contribution in [2.24, 2.45) is 5.73 Å². The fourth-order valence-electron chi connectivity index (χ4n) is 2.41. The second kappa shape index (κ2) is 6.40. The lowest BCUT2D eigenvalue weighted by molar-refractivity contribution is 0.322. The molecule has 0 bridgehead atoms. The van der Waals surface area contributed by atoms with Crippen LogP contribution in [-0.4, -0.2) is 31.6 Å². The summed E-state index contributed by atoms with van der Waals surface area (Å²) < 4.78 is 25.8. The van der Waals surface area contributed by atoms with E-state index in [1.54, 1.807) is 4.31 Å². The van der Waals surface area contributed by atoms with Crippen molar-refractivity contribution in [2.75, 3.05) is 18.8 Å². The Morgan fingerprint density at radius 2 is 2.00 bits per heavy atom. The zero-order chi connectivity index (χ0) is 14.6. The van der Waals surface area contributed by atoms with E-state index in [0.29, 0.717) is 13.1 Å². The molecule has 1 unspecified atom stereocenters. The van der Waals surface area contributed by atoms with Crippen molar-refractivity contribution in [3.63, 3.8) is 0 Å². The Kier molecular flexibility index (Phi) is 4.81. The Labute approximate surface area is 121 Å². The molecule has 1 aromatic rings. The number of rotatable bonds is 2. The largest absolute Gasteiger partial charge is 0.320 e. The maximum absolute atomic E-state index is 12.1. The van der Waals surface area contributed by atoms with E-state index in [0.717, 1.165) is 24.0 Å². The SMILES string of the molecule is CC(c1ccc(C#CCN)cc1)N1CCCCS1(=O)=O. The van der Waals surface area contributed by atoms with Gasteiger partial charge in [-0.2, -0.15) is 4.31 Å². The van der Waals surface area contributed by atoms with Crippen molar-refractivity contribution in [3.8, 4) is 11.8 Å². The fraction of sp³-hybridized carbons (Fsp3) is 0.467. The van der Waals surface area contributed by atoms with Gasteiger partial charge >= 0.3 is 0 Å². The highest BCUT2D eigenvalue weighted by Crippen LogP contribution is 2.27. The molecule has 2 rings (SSSR count). The first kappa shape index (κ1) is 15.0. The van der Waals surface area contributed by atoms with E-state index >= 15 is 0 Å². The summed E-state index contributed by atoms with van der Waals surface area (Å²) in [5.74, 6) is 6.02. The molecule has 0 spiro atoms. The Balaban J connectivity index is 2.18. The highest BCUT2D eigenvalue weighted by atomic mass is 32.2. The van der Waals surface area contributed by atoms with E-state index in [9.17, 15) is 8.42 Å². The molecule has 4 nitrogen and oxygen atoms in total. The minimum Gasteiger partial charge on any atom is -0.320 e. The van der Waals surface area contributed by atoms with Crippen LogP contribution in [0.4, 0.5) is 0 Å². The van der Waals surface area contributed by atoms with Gasteiger partial charge in [0.15, 0.2) is 0 Å². The second-order valence-corrected chi connectivity index (χ2v) is 6.98. The van der Waals surface area contributed by atoms with Crippen LogP contribution in [0.15, 0.2) is 24.3 Å². The summed E-state index contributed by atoms with van der Waals surface area (Å²) in [6.07, 6.45) is 1.70. The molecule has 1 fully saturated rings. The average molecular weight is 292 g/mol. The zero-order valence-electron chi connectivity index (χ0n) is 11.7. The van der Waals surface area contributed by atoms with E-state index in [1.165, 1.54) is 0 Å². The summed E-state index contributed by atoms with van der Waals surface area (Å²) in [6, 6.07) is 7.57. The average Bonchev–Trinajstić information content (AvgIpc) is 2.44. The van der Waals surface area contributed by atoms with Gasteiger partial charge in [0.25, 0.3) is 0 Å². The minimum absolute atomic E-state index is 0.128. The van der Waals surface area contributed by atoms with Gasteiger partial charge in [-0.1, -0.05) is 24.0 Å². The van der Waals surface area contributed by atoms with Gasteiger partial charge in [-0.15, -0.1) is 0 Å². The maximum atomic E-state index is 12.1. The molecular formula is C15H20N2O2S. The molecule has 1 heterocycles. The minimum atomic E-state index is -3.11. The molecule has 0 aliphatic carbocycles. The van der Waals surface area contributed by atoms with Gasteiger partial charge < -0.3 is 5.73 Å². The van der Waals surface area contributed by atoms with Gasteiger partial charge in [0.2, 0.25) is 10.0 Å². The van der Waals surface area contributed by atoms with Crippen LogP contribution in [0.3, 0.4) is 0 Å². The molecule has 5 heteroatoms. The summed E-state index contributed by atoms with van der Waals surface area (Å²) in [4.78, 5) is 0. The Morgan fingerprint density at radius 1 is 1.30 bits per heavy atom. The van der Waals surface area contributed by atoms with Crippen LogP contribution in [0.1, 0.15) is 36.9 Å². The molecule has 1 aliphatic heterocycles. The monoisotopic (exact) mass is 292 g/mol. The van der Waals surface area contributed by atoms with Crippen LogP contribution in [0.2, 0.25) is 0 Å². The molecule has 20 heavy (non-hydrogen) atoms. The van der Waals surface area contributed by atoms with E-state index in [-0.39, 0.29) is 11.8 Å². The molecule has 0 amide bonds. The second-order valence-electron chi connectivity index (χ2n) is 4.94. The molecular weight excluding hydrogens is 272 g/mol. The lowest BCUT2D eigenvalue weighted by Crippen LogP contribution is -2.39. The van der Waals surface area contributed by atoms with Crippen molar-refractivity contribution in [2.45, 2.75) is 25.8 Å². The van der Waals surface area contributed by atoms with Crippen LogP contribution >= 0.6 is 0 Å². The van der Waals surface area contributed by atoms with E-state index in [1.807, 2.05) is 31.2 Å². The summed E-state index contributed by atoms with van der Waals surface area (Å²) >= 11 is 0. The number of nitrogens with two attached hydrogens (primary N) is 1. The van der Waals surface area contributed by atoms with Gasteiger partial charge in [0.1, 0.15) is 0 Å². The maximum Gasteiger partial charge on any atom is 0.214 e. The lowest BCUT2D eigenvalue weighted by Gasteiger charge is -2.31. The van der Waals surface area contributed by atoms with Crippen molar-refractivity contribution < 1.29 is 8.42 Å². The molecule has 0 radical (unpaired) electrons.